The van der Waals surface area contributed by atoms with Crippen molar-refractivity contribution in [2.24, 2.45) is 0 Å². The monoisotopic (exact) mass is 470 g/mol. The smallest absolute Gasteiger partial charge is 0.295 e. The second-order valence-corrected chi connectivity index (χ2v) is 8.37. The van der Waals surface area contributed by atoms with E-state index >= 15 is 0 Å². The van der Waals surface area contributed by atoms with E-state index in [0.717, 1.165) is 13.1 Å². The molecule has 1 unspecified atom stereocenters. The Labute approximate surface area is 198 Å². The lowest BCUT2D eigenvalue weighted by Gasteiger charge is -2.28. The number of carbonyl (C=O) groups excluding carboxylic acids is 2. The maximum atomic E-state index is 13.2. The second-order valence-electron chi connectivity index (χ2n) is 7.93. The Morgan fingerprint density at radius 1 is 1.09 bits per heavy atom. The number of likely N-dealkylation sites (N-methyl/N-ethyl adjacent to an activating group) is 1. The fourth-order valence-corrected chi connectivity index (χ4v) is 4.47. The number of halogens is 1. The minimum Gasteiger partial charge on any atom is -0.507 e. The summed E-state index contributed by atoms with van der Waals surface area (Å²) in [6.45, 7) is 7.57. The molecule has 2 aromatic carbocycles. The number of hydrogen-bond acceptors (Lipinski definition) is 6. The average molecular weight is 471 g/mol. The van der Waals surface area contributed by atoms with E-state index in [4.69, 9.17) is 21.1 Å². The first-order valence-electron chi connectivity index (χ1n) is 11.1. The van der Waals surface area contributed by atoms with Gasteiger partial charge in [0.1, 0.15) is 19.0 Å². The molecule has 1 N–H and O–H groups in total. The number of carbonyl (C=O) groups is 2. The lowest BCUT2D eigenvalue weighted by Crippen LogP contribution is -2.38. The SMILES string of the molecule is CCN(CC)CCN1C(=O)C(=O)C(=C(O)c2ccc3c(c2)OCCO3)C1c1cccc(Cl)c1. The van der Waals surface area contributed by atoms with Gasteiger partial charge in [0.05, 0.1) is 11.6 Å². The van der Waals surface area contributed by atoms with E-state index in [1.807, 2.05) is 19.9 Å². The molecule has 2 aromatic rings. The molecule has 1 atom stereocenters. The van der Waals surface area contributed by atoms with Crippen molar-refractivity contribution < 1.29 is 24.2 Å². The molecule has 4 rings (SSSR count). The Kier molecular flexibility index (Phi) is 6.91. The van der Waals surface area contributed by atoms with Gasteiger partial charge in [-0.25, -0.2) is 0 Å². The molecule has 0 spiro atoms. The van der Waals surface area contributed by atoms with Gasteiger partial charge in [0, 0.05) is 23.7 Å². The molecule has 0 radical (unpaired) electrons. The van der Waals surface area contributed by atoms with Gasteiger partial charge >= 0.3 is 0 Å². The van der Waals surface area contributed by atoms with Crippen molar-refractivity contribution in [1.29, 1.82) is 0 Å². The third-order valence-corrected chi connectivity index (χ3v) is 6.31. The predicted octanol–water partition coefficient (Wildman–Crippen LogP) is 3.87. The molecule has 1 amide bonds. The summed E-state index contributed by atoms with van der Waals surface area (Å²) in [7, 11) is 0. The average Bonchev–Trinajstić information content (AvgIpc) is 3.09. The molecule has 0 bridgehead atoms. The first-order valence-corrected chi connectivity index (χ1v) is 11.5. The van der Waals surface area contributed by atoms with E-state index in [9.17, 15) is 14.7 Å². The van der Waals surface area contributed by atoms with Gasteiger partial charge < -0.3 is 24.4 Å². The van der Waals surface area contributed by atoms with Crippen LogP contribution in [-0.2, 0) is 9.59 Å². The quantitative estimate of drug-likeness (QED) is 0.376. The normalized spacial score (nSPS) is 19.4. The number of rotatable bonds is 7. The molecule has 2 heterocycles. The van der Waals surface area contributed by atoms with E-state index in [1.54, 1.807) is 36.4 Å². The van der Waals surface area contributed by atoms with Gasteiger partial charge in [0.2, 0.25) is 0 Å². The summed E-state index contributed by atoms with van der Waals surface area (Å²) in [4.78, 5) is 29.9. The Balaban J connectivity index is 1.79. The van der Waals surface area contributed by atoms with Gasteiger partial charge in [0.15, 0.2) is 11.5 Å². The Bertz CT molecular complexity index is 1100. The molecule has 7 nitrogen and oxygen atoms in total. The number of amides is 1. The lowest BCUT2D eigenvalue weighted by molar-refractivity contribution is -0.140. The number of aliphatic hydroxyl groups is 1. The topological polar surface area (TPSA) is 79.3 Å². The largest absolute Gasteiger partial charge is 0.507 e. The maximum absolute atomic E-state index is 13.2. The van der Waals surface area contributed by atoms with E-state index in [2.05, 4.69) is 4.90 Å². The highest BCUT2D eigenvalue weighted by Crippen LogP contribution is 2.41. The first kappa shape index (κ1) is 23.1. The van der Waals surface area contributed by atoms with E-state index in [0.29, 0.717) is 54.0 Å². The van der Waals surface area contributed by atoms with Gasteiger partial charge in [-0.2, -0.15) is 0 Å². The molecule has 1 fully saturated rings. The highest BCUT2D eigenvalue weighted by molar-refractivity contribution is 6.46. The van der Waals surface area contributed by atoms with Crippen molar-refractivity contribution in [3.8, 4) is 11.5 Å². The molecular formula is C25H27ClN2O5. The zero-order valence-electron chi connectivity index (χ0n) is 18.7. The number of nitrogens with zero attached hydrogens (tertiary/aromatic N) is 2. The minimum atomic E-state index is -0.743. The molecule has 174 valence electrons. The summed E-state index contributed by atoms with van der Waals surface area (Å²) in [5.74, 6) is -0.539. The fourth-order valence-electron chi connectivity index (χ4n) is 4.27. The van der Waals surface area contributed by atoms with E-state index in [1.165, 1.54) is 4.90 Å². The summed E-state index contributed by atoms with van der Waals surface area (Å²) in [6.07, 6.45) is 0. The second kappa shape index (κ2) is 9.85. The van der Waals surface area contributed by atoms with Crippen LogP contribution in [0.25, 0.3) is 5.76 Å². The number of aliphatic hydroxyl groups excluding tert-OH is 1. The Hall–Kier alpha value is -3.03. The third kappa shape index (κ3) is 4.56. The van der Waals surface area contributed by atoms with Crippen LogP contribution < -0.4 is 9.47 Å². The summed E-state index contributed by atoms with van der Waals surface area (Å²) in [6, 6.07) is 11.3. The summed E-state index contributed by atoms with van der Waals surface area (Å²) < 4.78 is 11.2. The van der Waals surface area contributed by atoms with E-state index in [-0.39, 0.29) is 11.3 Å². The summed E-state index contributed by atoms with van der Waals surface area (Å²) in [5, 5.41) is 11.7. The number of benzene rings is 2. The van der Waals surface area contributed by atoms with Crippen molar-refractivity contribution in [3.05, 3.63) is 64.2 Å². The van der Waals surface area contributed by atoms with Crippen LogP contribution in [0.2, 0.25) is 5.02 Å². The molecule has 33 heavy (non-hydrogen) atoms. The molecular weight excluding hydrogens is 444 g/mol. The molecule has 0 aliphatic carbocycles. The van der Waals surface area contributed by atoms with Gasteiger partial charge in [-0.1, -0.05) is 37.6 Å². The van der Waals surface area contributed by atoms with Crippen molar-refractivity contribution in [3.63, 3.8) is 0 Å². The summed E-state index contributed by atoms with van der Waals surface area (Å²) >= 11 is 6.23. The van der Waals surface area contributed by atoms with Crippen LogP contribution in [0.1, 0.15) is 31.0 Å². The van der Waals surface area contributed by atoms with Crippen LogP contribution in [0.3, 0.4) is 0 Å². The number of Topliss-reactive ketones (excluding diaryl/α,β-unsaturated/α-hetero) is 1. The van der Waals surface area contributed by atoms with Gasteiger partial charge in [-0.15, -0.1) is 0 Å². The van der Waals surface area contributed by atoms with Crippen LogP contribution in [0.4, 0.5) is 0 Å². The third-order valence-electron chi connectivity index (χ3n) is 6.07. The van der Waals surface area contributed by atoms with Crippen LogP contribution in [0.5, 0.6) is 11.5 Å². The van der Waals surface area contributed by atoms with Crippen LogP contribution >= 0.6 is 11.6 Å². The van der Waals surface area contributed by atoms with Crippen molar-refractivity contribution in [1.82, 2.24) is 9.80 Å². The van der Waals surface area contributed by atoms with Crippen LogP contribution in [-0.4, -0.2) is 66.0 Å². The lowest BCUT2D eigenvalue weighted by atomic mass is 9.95. The number of ketones is 1. The van der Waals surface area contributed by atoms with Crippen molar-refractivity contribution >= 4 is 29.1 Å². The van der Waals surface area contributed by atoms with Gasteiger partial charge in [-0.05, 0) is 49.0 Å². The fraction of sp³-hybridized carbons (Fsp3) is 0.360. The van der Waals surface area contributed by atoms with Gasteiger partial charge in [0.25, 0.3) is 11.7 Å². The number of ether oxygens (including phenoxy) is 2. The highest BCUT2D eigenvalue weighted by atomic mass is 35.5. The molecule has 8 heteroatoms. The minimum absolute atomic E-state index is 0.0403. The number of likely N-dealkylation sites (tertiary alicyclic amines) is 1. The first-order chi connectivity index (χ1) is 15.9. The maximum Gasteiger partial charge on any atom is 0.295 e. The summed E-state index contributed by atoms with van der Waals surface area (Å²) in [5.41, 5.74) is 1.09. The Morgan fingerprint density at radius 2 is 1.82 bits per heavy atom. The molecule has 1 saturated heterocycles. The zero-order valence-corrected chi connectivity index (χ0v) is 19.5. The number of fused-ring (bicyclic) bond motifs is 1. The molecule has 0 aromatic heterocycles. The molecule has 0 saturated carbocycles. The molecule has 2 aliphatic rings. The van der Waals surface area contributed by atoms with Crippen molar-refractivity contribution in [2.45, 2.75) is 19.9 Å². The standard InChI is InChI=1S/C25H27ClN2O5/c1-3-27(4-2)10-11-28-22(16-6-5-7-18(26)14-16)21(24(30)25(28)31)23(29)17-8-9-19-20(15-17)33-13-12-32-19/h5-9,14-15,22,29H,3-4,10-13H2,1-2H3. The zero-order chi connectivity index (χ0) is 23.5. The van der Waals surface area contributed by atoms with E-state index < -0.39 is 17.7 Å². The Morgan fingerprint density at radius 3 is 2.52 bits per heavy atom. The van der Waals surface area contributed by atoms with Crippen LogP contribution in [0.15, 0.2) is 48.0 Å². The van der Waals surface area contributed by atoms with Gasteiger partial charge in [-0.3, -0.25) is 9.59 Å². The number of hydrogen-bond donors (Lipinski definition) is 1. The van der Waals surface area contributed by atoms with Crippen LogP contribution in [0, 0.1) is 0 Å². The predicted molar refractivity (Wildman–Crippen MR) is 126 cm³/mol. The van der Waals surface area contributed by atoms with Crippen molar-refractivity contribution in [2.75, 3.05) is 39.4 Å². The highest BCUT2D eigenvalue weighted by Gasteiger charge is 2.46. The molecule has 2 aliphatic heterocycles.